The van der Waals surface area contributed by atoms with Gasteiger partial charge in [-0.1, -0.05) is 165 Å². The van der Waals surface area contributed by atoms with E-state index in [1.54, 1.807) is 0 Å². The fourth-order valence-corrected chi connectivity index (χ4v) is 7.38. The average Bonchev–Trinajstić information content (AvgIpc) is 3.51. The van der Waals surface area contributed by atoms with Crippen LogP contribution in [0.4, 0.5) is 0 Å². The second kappa shape index (κ2) is 15.9. The summed E-state index contributed by atoms with van der Waals surface area (Å²) in [6.45, 7) is 16.0. The van der Waals surface area contributed by atoms with E-state index < -0.39 is 0 Å². The normalized spacial score (nSPS) is 14.4. The molecule has 0 aliphatic heterocycles. The summed E-state index contributed by atoms with van der Waals surface area (Å²) in [6, 6.07) is 40.4. The molecule has 1 N–H and O–H groups in total. The van der Waals surface area contributed by atoms with Crippen LogP contribution in [-0.2, 0) is 10.8 Å². The average molecular weight is 653 g/mol. The van der Waals surface area contributed by atoms with Crippen LogP contribution in [0.1, 0.15) is 124 Å². The second-order valence-electron chi connectivity index (χ2n) is 16.2. The molecule has 0 atom stereocenters. The van der Waals surface area contributed by atoms with Gasteiger partial charge >= 0.3 is 0 Å². The minimum atomic E-state index is -0.306. The van der Waals surface area contributed by atoms with Crippen molar-refractivity contribution in [2.75, 3.05) is 0 Å². The Morgan fingerprint density at radius 1 is 0.490 bits per heavy atom. The molecule has 49 heavy (non-hydrogen) atoms. The van der Waals surface area contributed by atoms with E-state index in [1.165, 1.54) is 106 Å². The Bertz CT molecular complexity index is 1780. The Hall–Kier alpha value is -3.68. The van der Waals surface area contributed by atoms with Gasteiger partial charge in [0.25, 0.3) is 0 Å². The molecule has 0 bridgehead atoms. The molecule has 7 rings (SSSR count). The highest BCUT2D eigenvalue weighted by Crippen LogP contribution is 2.35. The second-order valence-corrected chi connectivity index (χ2v) is 16.2. The molecular weight excluding hydrogens is 593 g/mol. The van der Waals surface area contributed by atoms with Crippen molar-refractivity contribution in [1.29, 1.82) is 0 Å². The van der Waals surface area contributed by atoms with Crippen LogP contribution >= 0.6 is 0 Å². The van der Waals surface area contributed by atoms with Crippen molar-refractivity contribution in [3.63, 3.8) is 0 Å². The first-order chi connectivity index (χ1) is 23.4. The van der Waals surface area contributed by atoms with E-state index in [9.17, 15) is 5.11 Å². The predicted octanol–water partition coefficient (Wildman–Crippen LogP) is 14.2. The highest BCUT2D eigenvalue weighted by molar-refractivity contribution is 5.99. The fraction of sp³-hybridized carbons (Fsp3) is 0.417. The lowest BCUT2D eigenvalue weighted by molar-refractivity contribution is 0.0681. The number of hydrogen-bond acceptors (Lipinski definition) is 1. The van der Waals surface area contributed by atoms with Crippen LogP contribution in [0.2, 0.25) is 0 Å². The number of fused-ring (bicyclic) bond motifs is 4. The quantitative estimate of drug-likeness (QED) is 0.162. The molecule has 0 unspecified atom stereocenters. The van der Waals surface area contributed by atoms with Gasteiger partial charge in [-0.15, -0.1) is 0 Å². The van der Waals surface area contributed by atoms with Crippen molar-refractivity contribution in [1.82, 2.24) is 0 Å². The van der Waals surface area contributed by atoms with E-state index >= 15 is 0 Å². The molecule has 0 spiro atoms. The molecule has 6 aromatic carbocycles. The van der Waals surface area contributed by atoms with Crippen molar-refractivity contribution in [2.45, 2.75) is 129 Å². The van der Waals surface area contributed by atoms with Gasteiger partial charge in [0.1, 0.15) is 0 Å². The molecule has 0 radical (unpaired) electrons. The first-order valence-electron chi connectivity index (χ1n) is 19.0. The lowest BCUT2D eigenvalue weighted by atomic mass is 9.78. The Kier molecular flexibility index (Phi) is 11.9. The zero-order valence-electron chi connectivity index (χ0n) is 31.4. The van der Waals surface area contributed by atoms with Crippen LogP contribution in [0, 0.1) is 0 Å². The Morgan fingerprint density at radius 2 is 0.816 bits per heavy atom. The Morgan fingerprint density at radius 3 is 1.12 bits per heavy atom. The molecule has 1 fully saturated rings. The van der Waals surface area contributed by atoms with Crippen molar-refractivity contribution in [3.05, 3.63) is 120 Å². The molecule has 1 aliphatic rings. The molecule has 1 nitrogen and oxygen atoms in total. The summed E-state index contributed by atoms with van der Waals surface area (Å²) in [5.41, 5.74) is 3.11. The maximum atomic E-state index is 9.19. The number of unbranched alkanes of at least 4 members (excludes halogenated alkanes) is 2. The highest BCUT2D eigenvalue weighted by Gasteiger charge is 2.24. The van der Waals surface area contributed by atoms with Gasteiger partial charge in [0.15, 0.2) is 0 Å². The summed E-state index contributed by atoms with van der Waals surface area (Å²) in [7, 11) is 0. The molecule has 0 aromatic heterocycles. The zero-order chi connectivity index (χ0) is 35.1. The maximum Gasteiger partial charge on any atom is 0.0619 e. The molecule has 0 amide bonds. The molecule has 0 saturated heterocycles. The molecule has 1 heteroatoms. The van der Waals surface area contributed by atoms with Crippen LogP contribution < -0.4 is 0 Å². The summed E-state index contributed by atoms with van der Waals surface area (Å²) in [4.78, 5) is 0. The van der Waals surface area contributed by atoms with Gasteiger partial charge in [0, 0.05) is 0 Å². The van der Waals surface area contributed by atoms with Gasteiger partial charge < -0.3 is 5.11 Å². The SMILES string of the molecule is CC1(O)CCCC1.CCCCC(C)(C)c1ccc2cc3cc(C(C)(C)CCCC)ccc3cc2c1.c1ccc2cc3ccccc3cc2c1. The summed E-state index contributed by atoms with van der Waals surface area (Å²) in [6.07, 6.45) is 12.0. The monoisotopic (exact) mass is 652 g/mol. The number of rotatable bonds is 8. The zero-order valence-corrected chi connectivity index (χ0v) is 31.4. The van der Waals surface area contributed by atoms with Crippen LogP contribution in [0.3, 0.4) is 0 Å². The van der Waals surface area contributed by atoms with E-state index in [0.717, 1.165) is 12.8 Å². The molecule has 258 valence electrons. The van der Waals surface area contributed by atoms with E-state index in [4.69, 9.17) is 0 Å². The van der Waals surface area contributed by atoms with Gasteiger partial charge in [-0.05, 0) is 122 Å². The first kappa shape index (κ1) is 36.6. The van der Waals surface area contributed by atoms with Gasteiger partial charge in [-0.25, -0.2) is 0 Å². The van der Waals surface area contributed by atoms with Crippen molar-refractivity contribution in [3.8, 4) is 0 Å². The summed E-state index contributed by atoms with van der Waals surface area (Å²) < 4.78 is 0. The van der Waals surface area contributed by atoms with Crippen LogP contribution in [0.15, 0.2) is 109 Å². The smallest absolute Gasteiger partial charge is 0.0619 e. The molecular formula is C48H60O. The number of benzene rings is 6. The third kappa shape index (κ3) is 9.52. The Balaban J connectivity index is 0.000000181. The van der Waals surface area contributed by atoms with Crippen molar-refractivity contribution >= 4 is 43.1 Å². The Labute approximate surface area is 296 Å². The van der Waals surface area contributed by atoms with Gasteiger partial charge in [0.05, 0.1) is 5.60 Å². The van der Waals surface area contributed by atoms with Crippen LogP contribution in [0.25, 0.3) is 43.1 Å². The van der Waals surface area contributed by atoms with Gasteiger partial charge in [-0.3, -0.25) is 0 Å². The van der Waals surface area contributed by atoms with Gasteiger partial charge in [-0.2, -0.15) is 0 Å². The minimum Gasteiger partial charge on any atom is -0.390 e. The van der Waals surface area contributed by atoms with Crippen molar-refractivity contribution < 1.29 is 5.11 Å². The highest BCUT2D eigenvalue weighted by atomic mass is 16.3. The summed E-state index contributed by atoms with van der Waals surface area (Å²) in [5.74, 6) is 0. The van der Waals surface area contributed by atoms with Gasteiger partial charge in [0.2, 0.25) is 0 Å². The minimum absolute atomic E-state index is 0.242. The summed E-state index contributed by atoms with van der Waals surface area (Å²) >= 11 is 0. The lowest BCUT2D eigenvalue weighted by Gasteiger charge is -2.26. The van der Waals surface area contributed by atoms with Crippen LogP contribution in [0.5, 0.6) is 0 Å². The predicted molar refractivity (Wildman–Crippen MR) is 217 cm³/mol. The van der Waals surface area contributed by atoms with Crippen molar-refractivity contribution in [2.24, 2.45) is 0 Å². The largest absolute Gasteiger partial charge is 0.390 e. The third-order valence-corrected chi connectivity index (χ3v) is 11.0. The first-order valence-corrected chi connectivity index (χ1v) is 19.0. The fourth-order valence-electron chi connectivity index (χ4n) is 7.38. The van der Waals surface area contributed by atoms with E-state index in [-0.39, 0.29) is 16.4 Å². The lowest BCUT2D eigenvalue weighted by Crippen LogP contribution is -2.17. The third-order valence-electron chi connectivity index (χ3n) is 11.0. The van der Waals surface area contributed by atoms with E-state index in [1.807, 2.05) is 6.92 Å². The molecule has 6 aromatic rings. The van der Waals surface area contributed by atoms with E-state index in [0.29, 0.717) is 0 Å². The van der Waals surface area contributed by atoms with Crippen LogP contribution in [-0.4, -0.2) is 10.7 Å². The van der Waals surface area contributed by atoms with E-state index in [2.05, 4.69) is 151 Å². The number of hydrogen-bond donors (Lipinski definition) is 1. The number of aliphatic hydroxyl groups is 1. The maximum absolute atomic E-state index is 9.19. The molecule has 1 saturated carbocycles. The summed E-state index contributed by atoms with van der Waals surface area (Å²) in [5, 5.41) is 19.9. The topological polar surface area (TPSA) is 20.2 Å². The standard InChI is InChI=1S/C28H38.C14H10.C6H12O/c1-7-9-15-27(3,4)25-13-11-21-18-24-20-26(28(5,6)16-10-8-2)14-12-22(24)17-23(21)19-25;1-2-6-12-10-14-8-4-3-7-13(14)9-11(12)5-1;1-6(7)4-2-3-5-6/h11-14,17-20H,7-10,15-16H2,1-6H3;1-10H;7H,2-5H2,1H3. The molecule has 1 aliphatic carbocycles. The molecule has 0 heterocycles.